The topological polar surface area (TPSA) is 279 Å². The van der Waals surface area contributed by atoms with Crippen molar-refractivity contribution in [2.24, 2.45) is 58.2 Å². The van der Waals surface area contributed by atoms with Gasteiger partial charge in [0.15, 0.2) is 41.8 Å². The summed E-state index contributed by atoms with van der Waals surface area (Å²) in [4.78, 5) is 37.8. The number of aliphatic hydroxyl groups is 6. The Kier molecular flexibility index (Phi) is 36.7. The van der Waals surface area contributed by atoms with Crippen LogP contribution in [-0.2, 0) is 65.8 Å². The minimum Gasteiger partial charge on any atom is -0.459 e. The van der Waals surface area contributed by atoms with Crippen molar-refractivity contribution >= 4 is 28.6 Å². The minimum absolute atomic E-state index is 0.0153. The number of likely N-dealkylation sites (N-methyl/N-ethyl adjacent to an activating group) is 2. The van der Waals surface area contributed by atoms with Gasteiger partial charge in [0.05, 0.1) is 90.2 Å². The first-order valence-electron chi connectivity index (χ1n) is 44.6. The minimum atomic E-state index is -2.47. The smallest absolute Gasteiger partial charge is 0.311 e. The molecule has 0 spiro atoms. The van der Waals surface area contributed by atoms with E-state index in [4.69, 9.17) is 56.2 Å². The lowest BCUT2D eigenvalue weighted by Crippen LogP contribution is -2.63. The third-order valence-electron chi connectivity index (χ3n) is 29.2. The van der Waals surface area contributed by atoms with Gasteiger partial charge in [-0.15, -0.1) is 0 Å². The molecule has 6 fully saturated rings. The summed E-state index contributed by atoms with van der Waals surface area (Å²) in [5, 5.41) is 72.4. The van der Waals surface area contributed by atoms with Crippen molar-refractivity contribution in [3.05, 3.63) is 0 Å². The van der Waals surface area contributed by atoms with Crippen LogP contribution in [0.15, 0.2) is 0 Å². The van der Waals surface area contributed by atoms with E-state index in [1.165, 1.54) is 6.92 Å². The van der Waals surface area contributed by atoms with Crippen molar-refractivity contribution < 1.29 is 96.4 Å². The van der Waals surface area contributed by atoms with E-state index in [0.29, 0.717) is 45.2 Å². The van der Waals surface area contributed by atoms with Crippen LogP contribution in [0, 0.1) is 58.2 Å². The highest BCUT2D eigenvalue weighted by molar-refractivity contribution is 6.74. The molecule has 0 bridgehead atoms. The molecule has 6 N–H and O–H groups in total. The molecule has 0 aromatic carbocycles. The molecule has 26 heteroatoms. The van der Waals surface area contributed by atoms with E-state index in [1.807, 2.05) is 81.2 Å². The molecule has 0 saturated carbocycles. The Morgan fingerprint density at radius 1 is 0.457 bits per heavy atom. The van der Waals surface area contributed by atoms with Crippen LogP contribution in [0.4, 0.5) is 0 Å². The molecule has 6 aliphatic heterocycles. The van der Waals surface area contributed by atoms with Gasteiger partial charge in [-0.1, -0.05) is 125 Å². The molecular weight excluding hydrogens is 1510 g/mol. The summed E-state index contributed by atoms with van der Waals surface area (Å²) in [5.41, 5.74) is -7.00. The van der Waals surface area contributed by atoms with Gasteiger partial charge in [-0.05, 0) is 223 Å². The fourth-order valence-electron chi connectivity index (χ4n) is 19.6. The first-order chi connectivity index (χ1) is 52.6. The molecule has 0 radical (unpaired) electrons. The third kappa shape index (κ3) is 25.5. The third-order valence-corrected chi connectivity index (χ3v) is 38.1. The van der Waals surface area contributed by atoms with Crippen molar-refractivity contribution in [1.82, 2.24) is 19.6 Å². The number of esters is 2. The molecule has 0 aliphatic carbocycles. The summed E-state index contributed by atoms with van der Waals surface area (Å²) in [6.07, 6.45) is -7.86. The number of ether oxygens (including phenoxy) is 10. The Hall–Kier alpha value is -1.43. The van der Waals surface area contributed by atoms with Crippen LogP contribution >= 0.6 is 0 Å². The van der Waals surface area contributed by atoms with Gasteiger partial charge in [-0.3, -0.25) is 9.59 Å². The second kappa shape index (κ2) is 40.5. The average Bonchev–Trinajstić information content (AvgIpc) is 1.20. The summed E-state index contributed by atoms with van der Waals surface area (Å²) in [7, 11) is 7.59. The molecule has 0 amide bonds. The molecular formula is C90H176N4O20Si2. The van der Waals surface area contributed by atoms with Gasteiger partial charge < -0.3 is 106 Å². The average molecular weight is 1690 g/mol. The molecule has 6 heterocycles. The van der Waals surface area contributed by atoms with Crippen LogP contribution in [0.2, 0.25) is 36.3 Å². The SMILES string of the molecule is CC[C@H]1OC(=O)[C@H](C)[C@@H](OC2CC(C)(C)[C@@H](O)[C@H](C)O2)[C@H](C)[C@@H](OC2O[C@H](C)C[C@H](N(C)C)[C@H]2C)[C@](C)(O)C[C@@H](C)CN(C)[C@H](C)[C@@H](O)[C@]1(C)O.CC[C@H]1OC(=O)[C@H](C)[C@@H](OC2CC(C)(C)[C@@H](O[Si](C)(C)C(C)(C)C)[C@H](C)O2)[C@H](C)[C@@H](OC2O[C@H](C)C[C@H](N(C)C)[C@H]2C)[C@](C)(O)C[C@@H](C)CN(C)[C@H](C)[C@@H](O[Si](C)(C)C(C)(C)C)[C@]1(C)O. The number of rotatable bonds is 16. The van der Waals surface area contributed by atoms with E-state index in [1.54, 1.807) is 27.7 Å². The monoisotopic (exact) mass is 1690 g/mol. The van der Waals surface area contributed by atoms with E-state index < -0.39 is 172 Å². The van der Waals surface area contributed by atoms with Crippen LogP contribution in [0.3, 0.4) is 0 Å². The second-order valence-corrected chi connectivity index (χ2v) is 53.2. The zero-order chi connectivity index (χ0) is 89.3. The van der Waals surface area contributed by atoms with Crippen LogP contribution in [0.1, 0.15) is 259 Å². The Morgan fingerprint density at radius 3 is 1.15 bits per heavy atom. The number of carbonyl (C=O) groups excluding carboxylic acids is 2. The fraction of sp³-hybridized carbons (Fsp3) is 0.978. The van der Waals surface area contributed by atoms with E-state index in [2.05, 4.69) is 180 Å². The van der Waals surface area contributed by atoms with Gasteiger partial charge in [0.1, 0.15) is 29.5 Å². The predicted octanol–water partition coefficient (Wildman–Crippen LogP) is 13.7. The van der Waals surface area contributed by atoms with Gasteiger partial charge in [0.25, 0.3) is 0 Å². The lowest BCUT2D eigenvalue weighted by atomic mass is 9.77. The summed E-state index contributed by atoms with van der Waals surface area (Å²) < 4.78 is 81.1. The van der Waals surface area contributed by atoms with Gasteiger partial charge >= 0.3 is 11.9 Å². The quantitative estimate of drug-likeness (QED) is 0.0619. The lowest BCUT2D eigenvalue weighted by molar-refractivity contribution is -0.304. The maximum atomic E-state index is 15.0. The first kappa shape index (κ1) is 105. The molecule has 4 unspecified atom stereocenters. The Morgan fingerprint density at radius 2 is 0.802 bits per heavy atom. The largest absolute Gasteiger partial charge is 0.459 e. The van der Waals surface area contributed by atoms with Gasteiger partial charge in [0, 0.05) is 73.8 Å². The number of hydrogen-bond acceptors (Lipinski definition) is 24. The van der Waals surface area contributed by atoms with Gasteiger partial charge in [-0.25, -0.2) is 0 Å². The number of hydrogen-bond donors (Lipinski definition) is 6. The molecule has 116 heavy (non-hydrogen) atoms. The normalized spacial score (nSPS) is 44.7. The molecule has 0 aromatic heterocycles. The van der Waals surface area contributed by atoms with Crippen molar-refractivity contribution in [3.63, 3.8) is 0 Å². The molecule has 24 nitrogen and oxygen atoms in total. The van der Waals surface area contributed by atoms with Gasteiger partial charge in [-0.2, -0.15) is 0 Å². The van der Waals surface area contributed by atoms with Crippen molar-refractivity contribution in [1.29, 1.82) is 0 Å². The zero-order valence-corrected chi connectivity index (χ0v) is 82.6. The van der Waals surface area contributed by atoms with Crippen molar-refractivity contribution in [3.8, 4) is 0 Å². The Balaban J connectivity index is 0.000000426. The van der Waals surface area contributed by atoms with Crippen LogP contribution in [-0.4, -0.2) is 291 Å². The highest BCUT2D eigenvalue weighted by Gasteiger charge is 2.58. The highest BCUT2D eigenvalue weighted by atomic mass is 28.4. The molecule has 34 atom stereocenters. The van der Waals surface area contributed by atoms with E-state index in [9.17, 15) is 40.2 Å². The maximum Gasteiger partial charge on any atom is 0.311 e. The van der Waals surface area contributed by atoms with Crippen LogP contribution in [0.25, 0.3) is 0 Å². The second-order valence-electron chi connectivity index (χ2n) is 43.7. The summed E-state index contributed by atoms with van der Waals surface area (Å²) >= 11 is 0. The highest BCUT2D eigenvalue weighted by Crippen LogP contribution is 2.49. The van der Waals surface area contributed by atoms with Crippen molar-refractivity contribution in [2.75, 3.05) is 55.4 Å². The lowest BCUT2D eigenvalue weighted by Gasteiger charge is -2.51. The van der Waals surface area contributed by atoms with Gasteiger partial charge in [0.2, 0.25) is 0 Å². The number of cyclic esters (lactones) is 2. The fourth-order valence-corrected chi connectivity index (χ4v) is 22.6. The summed E-state index contributed by atoms with van der Waals surface area (Å²) in [5.74, 6) is -4.16. The number of carbonyl (C=O) groups is 2. The molecule has 6 aliphatic rings. The molecule has 6 saturated heterocycles. The predicted molar refractivity (Wildman–Crippen MR) is 464 cm³/mol. The molecule has 0 aromatic rings. The van der Waals surface area contributed by atoms with Crippen LogP contribution < -0.4 is 0 Å². The summed E-state index contributed by atoms with van der Waals surface area (Å²) in [6, 6.07) is -0.382. The number of aliphatic hydroxyl groups excluding tert-OH is 2. The number of nitrogens with zero attached hydrogens (tertiary/aromatic N) is 4. The maximum absolute atomic E-state index is 15.0. The molecule has 6 rings (SSSR count). The van der Waals surface area contributed by atoms with E-state index >= 15 is 0 Å². The summed E-state index contributed by atoms with van der Waals surface area (Å²) in [6.45, 7) is 70.3. The zero-order valence-electron chi connectivity index (χ0n) is 80.6. The van der Waals surface area contributed by atoms with Crippen molar-refractivity contribution in [2.45, 2.75) is 453 Å². The Labute approximate surface area is 707 Å². The van der Waals surface area contributed by atoms with Crippen LogP contribution in [0.5, 0.6) is 0 Å². The Bertz CT molecular complexity index is 3040. The first-order valence-corrected chi connectivity index (χ1v) is 50.4. The standard InChI is InChI=1S/C51H102N2O10Si2.C39H74N2O10/c1-26-39-51(18,56)43(62-64(22,23)47(9,10)11)36(7)53(21)30-31(2)28-50(17,55)42(61-46-33(4)38(52(19)20)27-32(3)57-46)34(5)41(35(6)45(54)59-39)60-40-29-49(15,16)44(37(8)58-40)63-65(24,25)48(12,13)14;1-16-29-39(12,46)32(42)26(7)41(15)20-21(2)18-38(11,45)34(51-36-23(4)28(40(13)14)17-22(3)47-36)24(5)31(25(6)35(44)49-29)50-30-19-37(9,10)33(43)27(8)48-30/h31-44,46,55-56H,26-30H2,1-25H3;21-34,36,42-43,45-46H,16-20H2,1-15H3/t31-,32-,33-,34+,35-,36-,37+,38+,39-,40?,41+,42-,43-,44+,46?,50-,51-;21-,22-,23-,24+,25-,26-,27+,28+,29-,30?,31+,32-,33+,34-,36?,38-,39-/m11/s1. The van der Waals surface area contributed by atoms with E-state index in [-0.39, 0.29) is 88.1 Å². The molecule has 684 valence electrons. The van der Waals surface area contributed by atoms with E-state index in [0.717, 1.165) is 12.8 Å².